The lowest BCUT2D eigenvalue weighted by atomic mass is 9.91. The van der Waals surface area contributed by atoms with Gasteiger partial charge in [-0.15, -0.1) is 0 Å². The molecular formula is C13H23N3O. The fraction of sp³-hybridized carbons (Fsp3) is 0.769. The summed E-state index contributed by atoms with van der Waals surface area (Å²) in [4.78, 5) is 2.42. The van der Waals surface area contributed by atoms with Crippen LogP contribution >= 0.6 is 0 Å². The molecule has 4 nitrogen and oxygen atoms in total. The van der Waals surface area contributed by atoms with E-state index in [9.17, 15) is 0 Å². The Hall–Kier alpha value is -0.870. The fourth-order valence-electron chi connectivity index (χ4n) is 2.65. The fourth-order valence-corrected chi connectivity index (χ4v) is 2.65. The van der Waals surface area contributed by atoms with Crippen LogP contribution in [0.4, 0.5) is 0 Å². The quantitative estimate of drug-likeness (QED) is 0.873. The second kappa shape index (κ2) is 5.19. The van der Waals surface area contributed by atoms with Crippen molar-refractivity contribution in [2.24, 2.45) is 5.73 Å². The van der Waals surface area contributed by atoms with Gasteiger partial charge in [-0.25, -0.2) is 0 Å². The first kappa shape index (κ1) is 12.6. The molecule has 1 aliphatic rings. The molecule has 1 saturated carbocycles. The summed E-state index contributed by atoms with van der Waals surface area (Å²) < 4.78 is 5.20. The normalized spacial score (nSPS) is 25.5. The summed E-state index contributed by atoms with van der Waals surface area (Å²) in [5, 5.41) is 4.00. The topological polar surface area (TPSA) is 55.3 Å². The molecule has 0 atom stereocenters. The number of hydrogen-bond donors (Lipinski definition) is 1. The van der Waals surface area contributed by atoms with E-state index < -0.39 is 0 Å². The summed E-state index contributed by atoms with van der Waals surface area (Å²) in [5.74, 6) is 0.946. The molecule has 0 aliphatic heterocycles. The van der Waals surface area contributed by atoms with Crippen molar-refractivity contribution in [3.05, 3.63) is 17.0 Å². The second-order valence-corrected chi connectivity index (χ2v) is 5.29. The summed E-state index contributed by atoms with van der Waals surface area (Å²) in [6, 6.07) is 1.07. The maximum atomic E-state index is 5.94. The predicted octanol–water partition coefficient (Wildman–Crippen LogP) is 1.99. The van der Waals surface area contributed by atoms with Crippen molar-refractivity contribution in [2.45, 2.75) is 58.2 Å². The Balaban J connectivity index is 1.95. The molecule has 0 unspecified atom stereocenters. The van der Waals surface area contributed by atoms with E-state index in [4.69, 9.17) is 10.3 Å². The van der Waals surface area contributed by atoms with Crippen LogP contribution in [0.25, 0.3) is 0 Å². The molecule has 0 spiro atoms. The van der Waals surface area contributed by atoms with E-state index in [0.29, 0.717) is 12.1 Å². The van der Waals surface area contributed by atoms with Crippen LogP contribution in [0, 0.1) is 13.8 Å². The summed E-state index contributed by atoms with van der Waals surface area (Å²) in [6.07, 6.45) is 4.72. The van der Waals surface area contributed by atoms with Crippen molar-refractivity contribution in [3.8, 4) is 0 Å². The minimum absolute atomic E-state index is 0.415. The van der Waals surface area contributed by atoms with E-state index in [0.717, 1.165) is 30.8 Å². The van der Waals surface area contributed by atoms with Crippen LogP contribution in [-0.2, 0) is 6.54 Å². The van der Waals surface area contributed by atoms with Crippen LogP contribution in [0.15, 0.2) is 4.52 Å². The molecule has 96 valence electrons. The first-order valence-corrected chi connectivity index (χ1v) is 6.45. The van der Waals surface area contributed by atoms with E-state index in [1.165, 1.54) is 18.4 Å². The lowest BCUT2D eigenvalue weighted by Crippen LogP contribution is -2.38. The summed E-state index contributed by atoms with van der Waals surface area (Å²) >= 11 is 0. The third-order valence-electron chi connectivity index (χ3n) is 3.95. The molecule has 1 aromatic rings. The summed E-state index contributed by atoms with van der Waals surface area (Å²) in [6.45, 7) is 4.93. The minimum Gasteiger partial charge on any atom is -0.361 e. The number of nitrogens with two attached hydrogens (primary N) is 1. The van der Waals surface area contributed by atoms with Gasteiger partial charge in [0.1, 0.15) is 5.76 Å². The number of rotatable bonds is 3. The number of aromatic nitrogens is 1. The van der Waals surface area contributed by atoms with Gasteiger partial charge in [-0.1, -0.05) is 5.16 Å². The first-order chi connectivity index (χ1) is 8.08. The summed E-state index contributed by atoms with van der Waals surface area (Å²) in [7, 11) is 2.19. The van der Waals surface area contributed by atoms with Crippen molar-refractivity contribution in [3.63, 3.8) is 0 Å². The van der Waals surface area contributed by atoms with E-state index in [1.807, 2.05) is 13.8 Å². The van der Waals surface area contributed by atoms with E-state index in [-0.39, 0.29) is 0 Å². The SMILES string of the molecule is Cc1noc(C)c1CN(C)C1CCC(N)CC1. The van der Waals surface area contributed by atoms with Gasteiger partial charge in [0.2, 0.25) is 0 Å². The standard InChI is InChI=1S/C13H23N3O/c1-9-13(10(2)17-15-9)8-16(3)12-6-4-11(14)5-7-12/h11-12H,4-8,14H2,1-3H3. The molecule has 0 bridgehead atoms. The smallest absolute Gasteiger partial charge is 0.138 e. The van der Waals surface area contributed by atoms with E-state index in [2.05, 4.69) is 17.1 Å². The van der Waals surface area contributed by atoms with Gasteiger partial charge >= 0.3 is 0 Å². The Morgan fingerprint density at radius 2 is 1.94 bits per heavy atom. The van der Waals surface area contributed by atoms with Gasteiger partial charge < -0.3 is 10.3 Å². The van der Waals surface area contributed by atoms with E-state index >= 15 is 0 Å². The van der Waals surface area contributed by atoms with Crippen molar-refractivity contribution in [1.82, 2.24) is 10.1 Å². The minimum atomic E-state index is 0.415. The van der Waals surface area contributed by atoms with Crippen molar-refractivity contribution in [1.29, 1.82) is 0 Å². The maximum absolute atomic E-state index is 5.94. The first-order valence-electron chi connectivity index (χ1n) is 6.45. The van der Waals surface area contributed by atoms with Crippen LogP contribution in [0.2, 0.25) is 0 Å². The predicted molar refractivity (Wildman–Crippen MR) is 67.7 cm³/mol. The zero-order valence-corrected chi connectivity index (χ0v) is 11.1. The monoisotopic (exact) mass is 237 g/mol. The third-order valence-corrected chi connectivity index (χ3v) is 3.95. The second-order valence-electron chi connectivity index (χ2n) is 5.29. The molecule has 2 rings (SSSR count). The van der Waals surface area contributed by atoms with Crippen LogP contribution in [0.1, 0.15) is 42.7 Å². The zero-order valence-electron chi connectivity index (χ0n) is 11.1. The lowest BCUT2D eigenvalue weighted by molar-refractivity contribution is 0.175. The Morgan fingerprint density at radius 3 is 2.47 bits per heavy atom. The Bertz CT molecular complexity index is 347. The van der Waals surface area contributed by atoms with Gasteiger partial charge in [-0.3, -0.25) is 4.90 Å². The molecule has 2 N–H and O–H groups in total. The average Bonchev–Trinajstić information content (AvgIpc) is 2.61. The molecule has 17 heavy (non-hydrogen) atoms. The Labute approximate surface area is 103 Å². The highest BCUT2D eigenvalue weighted by molar-refractivity contribution is 5.20. The molecule has 0 aromatic carbocycles. The van der Waals surface area contributed by atoms with Gasteiger partial charge in [0.05, 0.1) is 5.69 Å². The van der Waals surface area contributed by atoms with Crippen LogP contribution in [0.3, 0.4) is 0 Å². The van der Waals surface area contributed by atoms with Gasteiger partial charge in [0.15, 0.2) is 0 Å². The van der Waals surface area contributed by atoms with Gasteiger partial charge in [0, 0.05) is 24.2 Å². The maximum Gasteiger partial charge on any atom is 0.138 e. The Morgan fingerprint density at radius 1 is 1.29 bits per heavy atom. The van der Waals surface area contributed by atoms with Crippen molar-refractivity contribution in [2.75, 3.05) is 7.05 Å². The molecule has 1 aromatic heterocycles. The highest BCUT2D eigenvalue weighted by atomic mass is 16.5. The molecule has 0 amide bonds. The molecule has 1 aliphatic carbocycles. The molecule has 0 saturated heterocycles. The van der Waals surface area contributed by atoms with Crippen molar-refractivity contribution < 1.29 is 4.52 Å². The number of nitrogens with zero attached hydrogens (tertiary/aromatic N) is 2. The molecular weight excluding hydrogens is 214 g/mol. The molecule has 1 heterocycles. The van der Waals surface area contributed by atoms with Gasteiger partial charge in [-0.05, 0) is 46.6 Å². The largest absolute Gasteiger partial charge is 0.361 e. The highest BCUT2D eigenvalue weighted by Crippen LogP contribution is 2.23. The van der Waals surface area contributed by atoms with Crippen molar-refractivity contribution >= 4 is 0 Å². The van der Waals surface area contributed by atoms with Gasteiger partial charge in [0.25, 0.3) is 0 Å². The Kier molecular flexibility index (Phi) is 3.84. The number of aryl methyl sites for hydroxylation is 2. The average molecular weight is 237 g/mol. The summed E-state index contributed by atoms with van der Waals surface area (Å²) in [5.41, 5.74) is 8.19. The molecule has 1 fully saturated rings. The van der Waals surface area contributed by atoms with Crippen LogP contribution in [0.5, 0.6) is 0 Å². The van der Waals surface area contributed by atoms with Crippen LogP contribution < -0.4 is 5.73 Å². The lowest BCUT2D eigenvalue weighted by Gasteiger charge is -2.33. The highest BCUT2D eigenvalue weighted by Gasteiger charge is 2.23. The van der Waals surface area contributed by atoms with E-state index in [1.54, 1.807) is 0 Å². The van der Waals surface area contributed by atoms with Crippen LogP contribution in [-0.4, -0.2) is 29.2 Å². The third kappa shape index (κ3) is 2.87. The molecule has 0 radical (unpaired) electrons. The number of hydrogen-bond acceptors (Lipinski definition) is 4. The molecule has 4 heteroatoms. The van der Waals surface area contributed by atoms with Gasteiger partial charge in [-0.2, -0.15) is 0 Å². The zero-order chi connectivity index (χ0) is 12.4.